The number of fused-ring (bicyclic) bond motifs is 1. The fourth-order valence-corrected chi connectivity index (χ4v) is 1.53. The molecule has 64 valence electrons. The van der Waals surface area contributed by atoms with Crippen LogP contribution < -0.4 is 11.3 Å². The Morgan fingerprint density at radius 3 is 3.08 bits per heavy atom. The summed E-state index contributed by atoms with van der Waals surface area (Å²) >= 11 is 0. The van der Waals surface area contributed by atoms with Crippen molar-refractivity contribution in [1.82, 2.24) is 9.88 Å². The van der Waals surface area contributed by atoms with Gasteiger partial charge in [0, 0.05) is 18.8 Å². The predicted octanol–water partition coefficient (Wildman–Crippen LogP) is -0.0975. The Morgan fingerprint density at radius 2 is 2.33 bits per heavy atom. The first kappa shape index (κ1) is 7.36. The van der Waals surface area contributed by atoms with E-state index < -0.39 is 0 Å². The molecule has 1 aromatic heterocycles. The molecular weight excluding hydrogens is 154 g/mol. The van der Waals surface area contributed by atoms with Gasteiger partial charge in [0.1, 0.15) is 0 Å². The minimum atomic E-state index is -0.177. The average Bonchev–Trinajstić information content (AvgIpc) is 2.30. The van der Waals surface area contributed by atoms with E-state index in [0.717, 1.165) is 24.3 Å². The second-order valence-corrected chi connectivity index (χ2v) is 3.23. The van der Waals surface area contributed by atoms with Crippen molar-refractivity contribution in [2.75, 3.05) is 12.8 Å². The first-order valence-electron chi connectivity index (χ1n) is 3.86. The number of aromatic nitrogens is 1. The number of hydrogen-bond donors (Lipinski definition) is 2. The van der Waals surface area contributed by atoms with Gasteiger partial charge < -0.3 is 10.7 Å². The molecule has 0 radical (unpaired) electrons. The van der Waals surface area contributed by atoms with Crippen LogP contribution in [0.1, 0.15) is 11.3 Å². The van der Waals surface area contributed by atoms with Crippen LogP contribution in [0.5, 0.6) is 0 Å². The summed E-state index contributed by atoms with van der Waals surface area (Å²) in [5.74, 6) is 0. The number of nitrogen functional groups attached to an aromatic ring is 1. The van der Waals surface area contributed by atoms with Crippen LogP contribution in [0.15, 0.2) is 10.9 Å². The highest BCUT2D eigenvalue weighted by Gasteiger charge is 2.16. The van der Waals surface area contributed by atoms with Crippen molar-refractivity contribution in [2.45, 2.75) is 13.1 Å². The van der Waals surface area contributed by atoms with E-state index in [-0.39, 0.29) is 5.56 Å². The third-order valence-corrected chi connectivity index (χ3v) is 2.11. The van der Waals surface area contributed by atoms with E-state index in [1.54, 1.807) is 6.07 Å². The van der Waals surface area contributed by atoms with E-state index in [9.17, 15) is 4.79 Å². The number of rotatable bonds is 0. The van der Waals surface area contributed by atoms with E-state index in [0.29, 0.717) is 5.69 Å². The quantitative estimate of drug-likeness (QED) is 0.564. The largest absolute Gasteiger partial charge is 0.394 e. The first-order chi connectivity index (χ1) is 5.66. The van der Waals surface area contributed by atoms with Crippen molar-refractivity contribution < 1.29 is 0 Å². The molecule has 1 aromatic rings. The molecule has 0 unspecified atom stereocenters. The van der Waals surface area contributed by atoms with E-state index in [2.05, 4.69) is 9.88 Å². The third kappa shape index (κ3) is 1.00. The lowest BCUT2D eigenvalue weighted by Crippen LogP contribution is -2.13. The van der Waals surface area contributed by atoms with Gasteiger partial charge in [-0.25, -0.2) is 0 Å². The molecule has 0 spiro atoms. The number of nitrogens with two attached hydrogens (primary N) is 1. The summed E-state index contributed by atoms with van der Waals surface area (Å²) in [6.07, 6.45) is 0. The van der Waals surface area contributed by atoms with Gasteiger partial charge in [0.15, 0.2) is 0 Å². The van der Waals surface area contributed by atoms with Gasteiger partial charge in [-0.05, 0) is 18.7 Å². The molecule has 1 aliphatic heterocycles. The van der Waals surface area contributed by atoms with Gasteiger partial charge in [0.05, 0.1) is 5.69 Å². The maximum atomic E-state index is 11.1. The number of nitrogens with one attached hydrogen (secondary N) is 1. The zero-order valence-electron chi connectivity index (χ0n) is 6.92. The Morgan fingerprint density at radius 1 is 1.58 bits per heavy atom. The van der Waals surface area contributed by atoms with Gasteiger partial charge in [-0.15, -0.1) is 0 Å². The summed E-state index contributed by atoms with van der Waals surface area (Å²) in [7, 11) is 2.01. The van der Waals surface area contributed by atoms with Gasteiger partial charge in [0.25, 0.3) is 5.56 Å². The second kappa shape index (κ2) is 2.35. The molecular formula is C8H11N3O. The molecule has 0 fully saturated rings. The smallest absolute Gasteiger partial charge is 0.271 e. The molecule has 0 saturated carbocycles. The van der Waals surface area contributed by atoms with Crippen LogP contribution in [0.3, 0.4) is 0 Å². The zero-order chi connectivity index (χ0) is 8.72. The van der Waals surface area contributed by atoms with Crippen LogP contribution in [-0.2, 0) is 13.1 Å². The summed E-state index contributed by atoms with van der Waals surface area (Å²) in [4.78, 5) is 16.0. The number of H-pyrrole nitrogens is 1. The minimum absolute atomic E-state index is 0.177. The Bertz CT molecular complexity index is 369. The van der Waals surface area contributed by atoms with Gasteiger partial charge >= 0.3 is 0 Å². The van der Waals surface area contributed by atoms with E-state index in [4.69, 9.17) is 5.73 Å². The number of nitrogens with zero attached hydrogens (tertiary/aromatic N) is 1. The lowest BCUT2D eigenvalue weighted by Gasteiger charge is -2.02. The normalized spacial score (nSPS) is 16.4. The number of hydrogen-bond acceptors (Lipinski definition) is 3. The molecule has 2 heterocycles. The van der Waals surface area contributed by atoms with Crippen LogP contribution in [-0.4, -0.2) is 16.9 Å². The molecule has 0 saturated heterocycles. The van der Waals surface area contributed by atoms with E-state index in [1.165, 1.54) is 0 Å². The summed E-state index contributed by atoms with van der Waals surface area (Å²) in [5.41, 5.74) is 7.74. The number of aromatic amines is 1. The van der Waals surface area contributed by atoms with Crippen molar-refractivity contribution in [1.29, 1.82) is 0 Å². The fraction of sp³-hybridized carbons (Fsp3) is 0.375. The van der Waals surface area contributed by atoms with Crippen LogP contribution >= 0.6 is 0 Å². The second-order valence-electron chi connectivity index (χ2n) is 3.23. The highest BCUT2D eigenvalue weighted by molar-refractivity contribution is 5.41. The van der Waals surface area contributed by atoms with Crippen LogP contribution in [0, 0.1) is 0 Å². The van der Waals surface area contributed by atoms with Crippen LogP contribution in [0.25, 0.3) is 0 Å². The fourth-order valence-electron chi connectivity index (χ4n) is 1.53. The first-order valence-corrected chi connectivity index (χ1v) is 3.86. The number of anilines is 1. The third-order valence-electron chi connectivity index (χ3n) is 2.11. The summed E-state index contributed by atoms with van der Waals surface area (Å²) in [5, 5.41) is 0. The Hall–Kier alpha value is -1.29. The van der Waals surface area contributed by atoms with Gasteiger partial charge in [-0.1, -0.05) is 0 Å². The molecule has 4 heteroatoms. The zero-order valence-corrected chi connectivity index (χ0v) is 6.92. The lowest BCUT2D eigenvalue weighted by molar-refractivity contribution is 0.351. The molecule has 1 aliphatic rings. The molecule has 0 atom stereocenters. The maximum Gasteiger partial charge on any atom is 0.271 e. The SMILES string of the molecule is CN1Cc2cc(N)c(=O)[nH]c2C1. The van der Waals surface area contributed by atoms with Crippen molar-refractivity contribution in [2.24, 2.45) is 0 Å². The highest BCUT2D eigenvalue weighted by Crippen LogP contribution is 2.18. The molecule has 0 aromatic carbocycles. The predicted molar refractivity (Wildman–Crippen MR) is 46.6 cm³/mol. The summed E-state index contributed by atoms with van der Waals surface area (Å²) in [6, 6.07) is 1.76. The maximum absolute atomic E-state index is 11.1. The molecule has 0 aliphatic carbocycles. The topological polar surface area (TPSA) is 62.1 Å². The Kier molecular flexibility index (Phi) is 1.44. The van der Waals surface area contributed by atoms with Gasteiger partial charge in [-0.2, -0.15) is 0 Å². The van der Waals surface area contributed by atoms with Crippen molar-refractivity contribution in [3.05, 3.63) is 27.7 Å². The van der Waals surface area contributed by atoms with Crippen molar-refractivity contribution in [3.8, 4) is 0 Å². The molecule has 3 N–H and O–H groups in total. The van der Waals surface area contributed by atoms with Crippen molar-refractivity contribution in [3.63, 3.8) is 0 Å². The highest BCUT2D eigenvalue weighted by atomic mass is 16.1. The molecule has 0 amide bonds. The van der Waals surface area contributed by atoms with E-state index in [1.807, 2.05) is 7.05 Å². The molecule has 0 bridgehead atoms. The standard InChI is InChI=1S/C8H11N3O/c1-11-3-5-2-6(9)8(12)10-7(5)4-11/h2H,3-4,9H2,1H3,(H,10,12). The minimum Gasteiger partial charge on any atom is -0.394 e. The van der Waals surface area contributed by atoms with Crippen LogP contribution in [0.4, 0.5) is 5.69 Å². The van der Waals surface area contributed by atoms with Crippen LogP contribution in [0.2, 0.25) is 0 Å². The van der Waals surface area contributed by atoms with Gasteiger partial charge in [-0.3, -0.25) is 9.69 Å². The molecule has 12 heavy (non-hydrogen) atoms. The molecule has 4 nitrogen and oxygen atoms in total. The molecule has 2 rings (SSSR count). The Labute approximate surface area is 70.0 Å². The van der Waals surface area contributed by atoms with Gasteiger partial charge in [0.2, 0.25) is 0 Å². The summed E-state index contributed by atoms with van der Waals surface area (Å²) in [6.45, 7) is 1.68. The Balaban J connectivity index is 2.56. The average molecular weight is 165 g/mol. The lowest BCUT2D eigenvalue weighted by atomic mass is 10.2. The number of pyridine rings is 1. The summed E-state index contributed by atoms with van der Waals surface area (Å²) < 4.78 is 0. The van der Waals surface area contributed by atoms with E-state index >= 15 is 0 Å². The monoisotopic (exact) mass is 165 g/mol. The van der Waals surface area contributed by atoms with Crippen molar-refractivity contribution >= 4 is 5.69 Å².